The van der Waals surface area contributed by atoms with E-state index in [0.717, 1.165) is 17.0 Å². The molecule has 3 aromatic rings. The molecule has 1 aromatic heterocycles. The molecule has 0 amide bonds. The van der Waals surface area contributed by atoms with Gasteiger partial charge in [0.2, 0.25) is 10.0 Å². The van der Waals surface area contributed by atoms with E-state index < -0.39 is 15.8 Å². The molecule has 0 aliphatic carbocycles. The van der Waals surface area contributed by atoms with Crippen molar-refractivity contribution in [2.45, 2.75) is 17.9 Å². The van der Waals surface area contributed by atoms with Crippen LogP contribution in [0.5, 0.6) is 0 Å². The van der Waals surface area contributed by atoms with Crippen molar-refractivity contribution in [3.05, 3.63) is 66.1 Å². The number of hydrogen-bond acceptors (Lipinski definition) is 4. The Hall–Kier alpha value is -2.55. The van der Waals surface area contributed by atoms with E-state index >= 15 is 0 Å². The highest BCUT2D eigenvalue weighted by atomic mass is 32.2. The SMILES string of the molecule is CC(C(=O)c1c[nH]c2ccccc12)N1CCN(S(=O)(=O)c2ccccc2F)CC1. The summed E-state index contributed by atoms with van der Waals surface area (Å²) in [6.07, 6.45) is 1.72. The number of sulfonamides is 1. The Bertz CT molecular complexity index is 1150. The van der Waals surface area contributed by atoms with Gasteiger partial charge in [0.15, 0.2) is 5.78 Å². The summed E-state index contributed by atoms with van der Waals surface area (Å²) < 4.78 is 40.8. The van der Waals surface area contributed by atoms with Crippen molar-refractivity contribution >= 4 is 26.7 Å². The van der Waals surface area contributed by atoms with Crippen LogP contribution in [0, 0.1) is 5.82 Å². The molecule has 1 fully saturated rings. The fourth-order valence-electron chi connectivity index (χ4n) is 3.79. The molecule has 0 radical (unpaired) electrons. The minimum atomic E-state index is -3.89. The average molecular weight is 415 g/mol. The van der Waals surface area contributed by atoms with Gasteiger partial charge in [0, 0.05) is 48.8 Å². The largest absolute Gasteiger partial charge is 0.360 e. The van der Waals surface area contributed by atoms with Crippen molar-refractivity contribution in [3.8, 4) is 0 Å². The number of fused-ring (bicyclic) bond motifs is 1. The van der Waals surface area contributed by atoms with E-state index in [1.807, 2.05) is 36.1 Å². The maximum Gasteiger partial charge on any atom is 0.246 e. The Kier molecular flexibility index (Phi) is 5.24. The molecule has 0 saturated carbocycles. The number of carbonyl (C=O) groups excluding carboxylic acids is 1. The van der Waals surface area contributed by atoms with Crippen molar-refractivity contribution in [1.29, 1.82) is 0 Å². The number of piperazine rings is 1. The molecule has 1 saturated heterocycles. The minimum Gasteiger partial charge on any atom is -0.360 e. The molecule has 4 rings (SSSR count). The Morgan fingerprint density at radius 3 is 2.41 bits per heavy atom. The van der Waals surface area contributed by atoms with Gasteiger partial charge >= 0.3 is 0 Å². The number of halogens is 1. The van der Waals surface area contributed by atoms with Gasteiger partial charge < -0.3 is 4.98 Å². The third-order valence-electron chi connectivity index (χ3n) is 5.51. The Morgan fingerprint density at radius 2 is 1.69 bits per heavy atom. The predicted molar refractivity (Wildman–Crippen MR) is 109 cm³/mol. The highest BCUT2D eigenvalue weighted by molar-refractivity contribution is 7.89. The second-order valence-electron chi connectivity index (χ2n) is 7.16. The summed E-state index contributed by atoms with van der Waals surface area (Å²) in [6.45, 7) is 3.07. The first-order valence-corrected chi connectivity index (χ1v) is 10.9. The normalized spacial score (nSPS) is 17.4. The number of aromatic amines is 1. The van der Waals surface area contributed by atoms with Crippen LogP contribution in [0.15, 0.2) is 59.6 Å². The minimum absolute atomic E-state index is 0.00661. The van der Waals surface area contributed by atoms with Crippen LogP contribution in [0.4, 0.5) is 4.39 Å². The molecule has 0 bridgehead atoms. The van der Waals surface area contributed by atoms with Gasteiger partial charge in [-0.3, -0.25) is 9.69 Å². The molecule has 29 heavy (non-hydrogen) atoms. The van der Waals surface area contributed by atoms with Crippen LogP contribution in [-0.2, 0) is 10.0 Å². The van der Waals surface area contributed by atoms with E-state index in [9.17, 15) is 17.6 Å². The van der Waals surface area contributed by atoms with Gasteiger partial charge in [0.05, 0.1) is 6.04 Å². The molecular weight excluding hydrogens is 393 g/mol. The Morgan fingerprint density at radius 1 is 1.03 bits per heavy atom. The molecule has 6 nitrogen and oxygen atoms in total. The van der Waals surface area contributed by atoms with Crippen molar-refractivity contribution in [2.75, 3.05) is 26.2 Å². The van der Waals surface area contributed by atoms with Gasteiger partial charge in [0.25, 0.3) is 0 Å². The van der Waals surface area contributed by atoms with Crippen molar-refractivity contribution < 1.29 is 17.6 Å². The van der Waals surface area contributed by atoms with Gasteiger partial charge in [-0.05, 0) is 25.1 Å². The lowest BCUT2D eigenvalue weighted by Crippen LogP contribution is -2.53. The van der Waals surface area contributed by atoms with Crippen molar-refractivity contribution in [1.82, 2.24) is 14.2 Å². The predicted octanol–water partition coefficient (Wildman–Crippen LogP) is 2.88. The molecule has 1 aliphatic heterocycles. The molecule has 2 heterocycles. The summed E-state index contributed by atoms with van der Waals surface area (Å²) in [7, 11) is -3.89. The zero-order chi connectivity index (χ0) is 20.6. The molecule has 8 heteroatoms. The molecule has 1 N–H and O–H groups in total. The molecule has 2 aromatic carbocycles. The molecule has 1 unspecified atom stereocenters. The second kappa shape index (κ2) is 7.70. The first-order chi connectivity index (χ1) is 13.9. The highest BCUT2D eigenvalue weighted by Crippen LogP contribution is 2.23. The standard InChI is InChI=1S/C21H22FN3O3S/c1-15(21(26)17-14-23-19-8-4-2-6-16(17)19)24-10-12-25(13-11-24)29(27,28)20-9-5-3-7-18(20)22/h2-9,14-15,23H,10-13H2,1H3. The maximum atomic E-state index is 14.0. The fourth-order valence-corrected chi connectivity index (χ4v) is 5.28. The molecule has 152 valence electrons. The first-order valence-electron chi connectivity index (χ1n) is 9.48. The number of para-hydroxylation sites is 1. The summed E-state index contributed by atoms with van der Waals surface area (Å²) >= 11 is 0. The van der Waals surface area contributed by atoms with Crippen LogP contribution in [0.1, 0.15) is 17.3 Å². The Labute approximate surface area is 169 Å². The van der Waals surface area contributed by atoms with Gasteiger partial charge in [-0.1, -0.05) is 30.3 Å². The van der Waals surface area contributed by atoms with E-state index in [4.69, 9.17) is 0 Å². The zero-order valence-corrected chi connectivity index (χ0v) is 16.8. The third-order valence-corrected chi connectivity index (χ3v) is 7.44. The molecular formula is C21H22FN3O3S. The smallest absolute Gasteiger partial charge is 0.246 e. The van der Waals surface area contributed by atoms with Gasteiger partial charge in [-0.15, -0.1) is 0 Å². The second-order valence-corrected chi connectivity index (χ2v) is 9.06. The number of nitrogens with one attached hydrogen (secondary N) is 1. The number of nitrogens with zero attached hydrogens (tertiary/aromatic N) is 2. The van der Waals surface area contributed by atoms with E-state index in [2.05, 4.69) is 4.98 Å². The lowest BCUT2D eigenvalue weighted by molar-refractivity contribution is 0.0784. The number of hydrogen-bond donors (Lipinski definition) is 1. The highest BCUT2D eigenvalue weighted by Gasteiger charge is 2.33. The number of Topliss-reactive ketones (excluding diaryl/α,β-unsaturated/α-hetero) is 1. The number of aromatic nitrogens is 1. The summed E-state index contributed by atoms with van der Waals surface area (Å²) in [4.78, 5) is 17.8. The fraction of sp³-hybridized carbons (Fsp3) is 0.286. The number of H-pyrrole nitrogens is 1. The van der Waals surface area contributed by atoms with E-state index in [-0.39, 0.29) is 29.8 Å². The number of rotatable bonds is 5. The number of ketones is 1. The van der Waals surface area contributed by atoms with Crippen LogP contribution in [0.3, 0.4) is 0 Å². The first kappa shape index (κ1) is 19.8. The molecule has 0 spiro atoms. The van der Waals surface area contributed by atoms with E-state index in [1.54, 1.807) is 6.20 Å². The van der Waals surface area contributed by atoms with Crippen LogP contribution in [0.25, 0.3) is 10.9 Å². The Balaban J connectivity index is 1.47. The van der Waals surface area contributed by atoms with Gasteiger partial charge in [0.1, 0.15) is 10.7 Å². The van der Waals surface area contributed by atoms with Crippen LogP contribution in [0.2, 0.25) is 0 Å². The summed E-state index contributed by atoms with van der Waals surface area (Å²) in [5, 5.41) is 0.880. The monoisotopic (exact) mass is 415 g/mol. The number of benzene rings is 2. The quantitative estimate of drug-likeness (QED) is 0.651. The average Bonchev–Trinajstić information content (AvgIpc) is 3.17. The summed E-state index contributed by atoms with van der Waals surface area (Å²) in [6, 6.07) is 12.6. The zero-order valence-electron chi connectivity index (χ0n) is 16.0. The van der Waals surface area contributed by atoms with Crippen LogP contribution in [-0.4, -0.2) is 60.6 Å². The van der Waals surface area contributed by atoms with E-state index in [1.165, 1.54) is 22.5 Å². The van der Waals surface area contributed by atoms with Crippen molar-refractivity contribution in [2.24, 2.45) is 0 Å². The molecule has 1 atom stereocenters. The van der Waals surface area contributed by atoms with E-state index in [0.29, 0.717) is 18.7 Å². The van der Waals surface area contributed by atoms with Gasteiger partial charge in [-0.25, -0.2) is 12.8 Å². The van der Waals surface area contributed by atoms with Crippen LogP contribution < -0.4 is 0 Å². The third kappa shape index (κ3) is 3.59. The summed E-state index contributed by atoms with van der Waals surface area (Å²) in [5.74, 6) is -0.759. The molecule has 1 aliphatic rings. The topological polar surface area (TPSA) is 73.5 Å². The van der Waals surface area contributed by atoms with Crippen molar-refractivity contribution in [3.63, 3.8) is 0 Å². The van der Waals surface area contributed by atoms with Crippen LogP contribution >= 0.6 is 0 Å². The summed E-state index contributed by atoms with van der Waals surface area (Å²) in [5.41, 5.74) is 1.54. The maximum absolute atomic E-state index is 14.0. The lowest BCUT2D eigenvalue weighted by atomic mass is 10.0. The lowest BCUT2D eigenvalue weighted by Gasteiger charge is -2.36. The van der Waals surface area contributed by atoms with Gasteiger partial charge in [-0.2, -0.15) is 4.31 Å². The number of carbonyl (C=O) groups is 1.